The molecule has 134 valence electrons. The SMILES string of the molecule is CCCNC(=O)COC1(CC)CCCN(C(=O)OC(C)(C)C)C1. The Morgan fingerprint density at radius 2 is 1.96 bits per heavy atom. The van der Waals surface area contributed by atoms with Crippen LogP contribution in [0.15, 0.2) is 0 Å². The number of carbonyl (C=O) groups is 2. The van der Waals surface area contributed by atoms with Gasteiger partial charge in [-0.2, -0.15) is 0 Å². The second kappa shape index (κ2) is 8.52. The molecule has 1 unspecified atom stereocenters. The van der Waals surface area contributed by atoms with E-state index in [1.165, 1.54) is 0 Å². The summed E-state index contributed by atoms with van der Waals surface area (Å²) < 4.78 is 11.4. The molecule has 1 atom stereocenters. The maximum absolute atomic E-state index is 12.3. The van der Waals surface area contributed by atoms with Crippen molar-refractivity contribution < 1.29 is 19.1 Å². The maximum atomic E-state index is 12.3. The largest absolute Gasteiger partial charge is 0.444 e. The van der Waals surface area contributed by atoms with Crippen molar-refractivity contribution >= 4 is 12.0 Å². The van der Waals surface area contributed by atoms with Crippen LogP contribution in [0.25, 0.3) is 0 Å². The van der Waals surface area contributed by atoms with Crippen LogP contribution >= 0.6 is 0 Å². The van der Waals surface area contributed by atoms with E-state index in [1.54, 1.807) is 4.90 Å². The molecular weight excluding hydrogens is 296 g/mol. The third kappa shape index (κ3) is 6.77. The summed E-state index contributed by atoms with van der Waals surface area (Å²) in [6.07, 6.45) is 3.05. The number of nitrogens with zero attached hydrogens (tertiary/aromatic N) is 1. The summed E-state index contributed by atoms with van der Waals surface area (Å²) in [5.41, 5.74) is -0.969. The third-order valence-corrected chi connectivity index (χ3v) is 3.92. The smallest absolute Gasteiger partial charge is 0.410 e. The van der Waals surface area contributed by atoms with Crippen molar-refractivity contribution in [2.24, 2.45) is 0 Å². The Balaban J connectivity index is 2.60. The van der Waals surface area contributed by atoms with Crippen LogP contribution in [0.4, 0.5) is 4.79 Å². The molecule has 1 N–H and O–H groups in total. The van der Waals surface area contributed by atoms with Gasteiger partial charge in [0, 0.05) is 13.1 Å². The summed E-state index contributed by atoms with van der Waals surface area (Å²) in [6, 6.07) is 0. The topological polar surface area (TPSA) is 67.9 Å². The molecule has 6 nitrogen and oxygen atoms in total. The van der Waals surface area contributed by atoms with Gasteiger partial charge in [0.15, 0.2) is 0 Å². The van der Waals surface area contributed by atoms with Crippen molar-refractivity contribution in [3.63, 3.8) is 0 Å². The lowest BCUT2D eigenvalue weighted by Crippen LogP contribution is -2.53. The molecule has 0 spiro atoms. The van der Waals surface area contributed by atoms with Crippen LogP contribution in [0.1, 0.15) is 60.3 Å². The molecule has 0 aromatic heterocycles. The van der Waals surface area contributed by atoms with E-state index in [1.807, 2.05) is 34.6 Å². The van der Waals surface area contributed by atoms with Gasteiger partial charge in [-0.15, -0.1) is 0 Å². The lowest BCUT2D eigenvalue weighted by molar-refractivity contribution is -0.139. The molecule has 0 aliphatic carbocycles. The molecule has 2 amide bonds. The summed E-state index contributed by atoms with van der Waals surface area (Å²) >= 11 is 0. The van der Waals surface area contributed by atoms with E-state index in [0.717, 1.165) is 25.7 Å². The van der Waals surface area contributed by atoms with Crippen LogP contribution in [-0.2, 0) is 14.3 Å². The fourth-order valence-electron chi connectivity index (χ4n) is 2.62. The first-order chi connectivity index (χ1) is 10.7. The van der Waals surface area contributed by atoms with Gasteiger partial charge < -0.3 is 19.7 Å². The summed E-state index contributed by atoms with van der Waals surface area (Å²) in [6.45, 7) is 11.4. The van der Waals surface area contributed by atoms with Crippen molar-refractivity contribution in [2.75, 3.05) is 26.2 Å². The Morgan fingerprint density at radius 3 is 2.52 bits per heavy atom. The molecule has 1 rings (SSSR count). The first-order valence-electron chi connectivity index (χ1n) is 8.60. The zero-order chi connectivity index (χ0) is 17.5. The van der Waals surface area contributed by atoms with Gasteiger partial charge in [-0.3, -0.25) is 4.79 Å². The van der Waals surface area contributed by atoms with Crippen LogP contribution < -0.4 is 5.32 Å². The van der Waals surface area contributed by atoms with Gasteiger partial charge >= 0.3 is 6.09 Å². The van der Waals surface area contributed by atoms with Gasteiger partial charge in [0.05, 0.1) is 12.1 Å². The Labute approximate surface area is 139 Å². The molecule has 0 bridgehead atoms. The highest BCUT2D eigenvalue weighted by Crippen LogP contribution is 2.29. The molecule has 6 heteroatoms. The summed E-state index contributed by atoms with van der Waals surface area (Å²) in [5.74, 6) is -0.103. The van der Waals surface area contributed by atoms with E-state index in [9.17, 15) is 9.59 Å². The first-order valence-corrected chi connectivity index (χ1v) is 8.60. The summed E-state index contributed by atoms with van der Waals surface area (Å²) in [4.78, 5) is 25.7. The molecule has 1 aliphatic rings. The number of rotatable bonds is 6. The number of likely N-dealkylation sites (tertiary alicyclic amines) is 1. The minimum absolute atomic E-state index is 0.0377. The van der Waals surface area contributed by atoms with Crippen LogP contribution in [0.2, 0.25) is 0 Å². The highest BCUT2D eigenvalue weighted by molar-refractivity contribution is 5.77. The normalized spacial score (nSPS) is 21.9. The van der Waals surface area contributed by atoms with Crippen LogP contribution in [0, 0.1) is 0 Å². The van der Waals surface area contributed by atoms with Crippen molar-refractivity contribution in [1.82, 2.24) is 10.2 Å². The molecule has 1 saturated heterocycles. The molecule has 1 fully saturated rings. The number of ether oxygens (including phenoxy) is 2. The number of amides is 2. The molecule has 23 heavy (non-hydrogen) atoms. The van der Waals surface area contributed by atoms with Crippen molar-refractivity contribution in [3.8, 4) is 0 Å². The average molecular weight is 328 g/mol. The Bertz CT molecular complexity index is 406. The first kappa shape index (κ1) is 19.7. The van der Waals surface area contributed by atoms with E-state index in [2.05, 4.69) is 5.32 Å². The van der Waals surface area contributed by atoms with Crippen molar-refractivity contribution in [2.45, 2.75) is 71.5 Å². The zero-order valence-corrected chi connectivity index (χ0v) is 15.2. The summed E-state index contributed by atoms with van der Waals surface area (Å²) in [5, 5.41) is 2.81. The van der Waals surface area contributed by atoms with Gasteiger partial charge in [-0.25, -0.2) is 4.79 Å². The number of hydrogen-bond acceptors (Lipinski definition) is 4. The summed E-state index contributed by atoms with van der Waals surface area (Å²) in [7, 11) is 0. The molecule has 0 aromatic rings. The van der Waals surface area contributed by atoms with Gasteiger partial charge in [-0.05, 0) is 46.5 Å². The van der Waals surface area contributed by atoms with Gasteiger partial charge in [0.2, 0.25) is 5.91 Å². The Morgan fingerprint density at radius 1 is 1.26 bits per heavy atom. The number of nitrogens with one attached hydrogen (secondary N) is 1. The standard InChI is InChI=1S/C17H32N2O4/c1-6-10-18-14(20)12-22-17(7-2)9-8-11-19(13-17)15(21)23-16(3,4)5/h6-13H2,1-5H3,(H,18,20). The number of piperidine rings is 1. The molecule has 0 saturated carbocycles. The molecule has 0 radical (unpaired) electrons. The molecular formula is C17H32N2O4. The number of hydrogen-bond donors (Lipinski definition) is 1. The Hall–Kier alpha value is -1.30. The zero-order valence-electron chi connectivity index (χ0n) is 15.2. The second-order valence-electron chi connectivity index (χ2n) is 7.18. The second-order valence-corrected chi connectivity index (χ2v) is 7.18. The van der Waals surface area contributed by atoms with Crippen LogP contribution in [0.5, 0.6) is 0 Å². The average Bonchev–Trinajstić information content (AvgIpc) is 2.49. The van der Waals surface area contributed by atoms with Crippen molar-refractivity contribution in [3.05, 3.63) is 0 Å². The maximum Gasteiger partial charge on any atom is 0.410 e. The van der Waals surface area contributed by atoms with E-state index >= 15 is 0 Å². The fourth-order valence-corrected chi connectivity index (χ4v) is 2.62. The Kier molecular flexibility index (Phi) is 7.32. The van der Waals surface area contributed by atoms with E-state index in [0.29, 0.717) is 19.6 Å². The molecule has 0 aromatic carbocycles. The van der Waals surface area contributed by atoms with Gasteiger partial charge in [0.25, 0.3) is 0 Å². The van der Waals surface area contributed by atoms with E-state index in [-0.39, 0.29) is 18.6 Å². The molecule has 1 heterocycles. The monoisotopic (exact) mass is 328 g/mol. The van der Waals surface area contributed by atoms with E-state index < -0.39 is 11.2 Å². The van der Waals surface area contributed by atoms with Gasteiger partial charge in [0.1, 0.15) is 12.2 Å². The predicted octanol–water partition coefficient (Wildman–Crippen LogP) is 2.71. The minimum Gasteiger partial charge on any atom is -0.444 e. The number of carbonyl (C=O) groups excluding carboxylic acids is 2. The van der Waals surface area contributed by atoms with E-state index in [4.69, 9.17) is 9.47 Å². The third-order valence-electron chi connectivity index (χ3n) is 3.92. The minimum atomic E-state index is -0.510. The van der Waals surface area contributed by atoms with Crippen molar-refractivity contribution in [1.29, 1.82) is 0 Å². The van der Waals surface area contributed by atoms with Gasteiger partial charge in [-0.1, -0.05) is 13.8 Å². The lowest BCUT2D eigenvalue weighted by atomic mass is 9.90. The predicted molar refractivity (Wildman–Crippen MR) is 89.3 cm³/mol. The molecule has 1 aliphatic heterocycles. The quantitative estimate of drug-likeness (QED) is 0.814. The van der Waals surface area contributed by atoms with Crippen LogP contribution in [0.3, 0.4) is 0 Å². The fraction of sp³-hybridized carbons (Fsp3) is 0.882. The lowest BCUT2D eigenvalue weighted by Gasteiger charge is -2.42. The highest BCUT2D eigenvalue weighted by atomic mass is 16.6. The van der Waals surface area contributed by atoms with Crippen LogP contribution in [-0.4, -0.2) is 54.3 Å². The highest BCUT2D eigenvalue weighted by Gasteiger charge is 2.38.